The Hall–Kier alpha value is -2.57. The lowest BCUT2D eigenvalue weighted by molar-refractivity contribution is -0.122. The van der Waals surface area contributed by atoms with Crippen molar-refractivity contribution < 1.29 is 9.53 Å². The Morgan fingerprint density at radius 2 is 1.97 bits per heavy atom. The van der Waals surface area contributed by atoms with E-state index < -0.39 is 0 Å². The normalized spacial score (nSPS) is 22.0. The van der Waals surface area contributed by atoms with E-state index in [1.165, 1.54) is 23.0 Å². The Morgan fingerprint density at radius 1 is 1.21 bits per heavy atom. The van der Waals surface area contributed by atoms with Crippen molar-refractivity contribution in [2.24, 2.45) is 4.99 Å². The van der Waals surface area contributed by atoms with Crippen LogP contribution in [0.5, 0.6) is 0 Å². The molecule has 1 saturated heterocycles. The maximum Gasteiger partial charge on any atom is 0.266 e. The fourth-order valence-corrected chi connectivity index (χ4v) is 6.14. The second-order valence-corrected chi connectivity index (χ2v) is 10.6. The van der Waals surface area contributed by atoms with Gasteiger partial charge in [-0.25, -0.2) is 4.99 Å². The lowest BCUT2D eigenvalue weighted by Gasteiger charge is -2.47. The molecule has 0 spiro atoms. The predicted molar refractivity (Wildman–Crippen MR) is 144 cm³/mol. The van der Waals surface area contributed by atoms with Gasteiger partial charge in [0.15, 0.2) is 5.17 Å². The number of carbonyl (C=O) groups is 1. The summed E-state index contributed by atoms with van der Waals surface area (Å²) in [6, 6.07) is 16.4. The van der Waals surface area contributed by atoms with Gasteiger partial charge in [-0.2, -0.15) is 0 Å². The zero-order valence-electron chi connectivity index (χ0n) is 20.9. The minimum Gasteiger partial charge on any atom is -0.385 e. The van der Waals surface area contributed by atoms with Crippen LogP contribution in [0.3, 0.4) is 0 Å². The number of hydrogen-bond acceptors (Lipinski definition) is 5. The third-order valence-corrected chi connectivity index (χ3v) is 7.63. The van der Waals surface area contributed by atoms with Gasteiger partial charge in [-0.3, -0.25) is 9.69 Å². The highest BCUT2D eigenvalue weighted by molar-refractivity contribution is 8.18. The van der Waals surface area contributed by atoms with Crippen LogP contribution in [-0.4, -0.2) is 48.3 Å². The van der Waals surface area contributed by atoms with Crippen molar-refractivity contribution in [2.45, 2.75) is 52.0 Å². The molecule has 0 aliphatic carbocycles. The Morgan fingerprint density at radius 3 is 2.68 bits per heavy atom. The van der Waals surface area contributed by atoms with E-state index in [0.29, 0.717) is 24.0 Å². The summed E-state index contributed by atoms with van der Waals surface area (Å²) >= 11 is 1.45. The Bertz CT molecular complexity index is 1090. The summed E-state index contributed by atoms with van der Waals surface area (Å²) in [5, 5.41) is 0.726. The number of ether oxygens (including phenoxy) is 1. The Labute approximate surface area is 207 Å². The van der Waals surface area contributed by atoms with E-state index >= 15 is 0 Å². The zero-order valence-corrected chi connectivity index (χ0v) is 21.7. The molecule has 1 atom stereocenters. The number of nitrogens with zero attached hydrogens (tertiary/aromatic N) is 3. The van der Waals surface area contributed by atoms with Crippen molar-refractivity contribution in [3.8, 4) is 0 Å². The lowest BCUT2D eigenvalue weighted by Crippen LogP contribution is -2.48. The maximum atomic E-state index is 13.3. The third kappa shape index (κ3) is 5.08. The van der Waals surface area contributed by atoms with Crippen molar-refractivity contribution in [3.63, 3.8) is 0 Å². The molecule has 4 rings (SSSR count). The number of benzene rings is 2. The second-order valence-electron chi connectivity index (χ2n) is 9.62. The van der Waals surface area contributed by atoms with Crippen molar-refractivity contribution >= 4 is 40.3 Å². The Kier molecular flexibility index (Phi) is 7.48. The number of rotatable bonds is 7. The molecule has 2 aromatic carbocycles. The topological polar surface area (TPSA) is 45.1 Å². The SMILES string of the molecule is CCN1c2ccc(/C=C3\SC(=Nc4ccccc4)N(CCCOC)C3=O)cc2[C@@H](C)CC1(C)C. The van der Waals surface area contributed by atoms with Gasteiger partial charge in [0, 0.05) is 38.0 Å². The minimum absolute atomic E-state index is 0.0119. The van der Waals surface area contributed by atoms with Gasteiger partial charge in [0.2, 0.25) is 0 Å². The lowest BCUT2D eigenvalue weighted by atomic mass is 9.79. The fourth-order valence-electron chi connectivity index (χ4n) is 5.12. The van der Waals surface area contributed by atoms with Gasteiger partial charge in [-0.1, -0.05) is 31.2 Å². The van der Waals surface area contributed by atoms with E-state index in [1.54, 1.807) is 12.0 Å². The summed E-state index contributed by atoms with van der Waals surface area (Å²) in [4.78, 5) is 23.1. The molecule has 180 valence electrons. The smallest absolute Gasteiger partial charge is 0.266 e. The molecule has 2 aliphatic heterocycles. The van der Waals surface area contributed by atoms with Gasteiger partial charge in [-0.05, 0) is 92.8 Å². The first kappa shape index (κ1) is 24.6. The van der Waals surface area contributed by atoms with Crippen LogP contribution in [0.4, 0.5) is 11.4 Å². The molecule has 34 heavy (non-hydrogen) atoms. The van der Waals surface area contributed by atoms with E-state index in [-0.39, 0.29) is 11.4 Å². The molecular formula is C28H35N3O2S. The zero-order chi connectivity index (χ0) is 24.3. The van der Waals surface area contributed by atoms with Crippen LogP contribution < -0.4 is 4.90 Å². The first-order valence-corrected chi connectivity index (χ1v) is 12.9. The number of para-hydroxylation sites is 1. The molecule has 5 nitrogen and oxygen atoms in total. The summed E-state index contributed by atoms with van der Waals surface area (Å²) < 4.78 is 5.21. The number of methoxy groups -OCH3 is 1. The number of fused-ring (bicyclic) bond motifs is 1. The molecular weight excluding hydrogens is 442 g/mol. The number of anilines is 1. The average molecular weight is 478 g/mol. The molecule has 2 aromatic rings. The van der Waals surface area contributed by atoms with Gasteiger partial charge >= 0.3 is 0 Å². The number of thioether (sulfide) groups is 1. The van der Waals surface area contributed by atoms with Crippen LogP contribution in [0.2, 0.25) is 0 Å². The van der Waals surface area contributed by atoms with Crippen LogP contribution >= 0.6 is 11.8 Å². The first-order chi connectivity index (χ1) is 16.3. The summed E-state index contributed by atoms with van der Waals surface area (Å²) in [5.41, 5.74) is 4.73. The van der Waals surface area contributed by atoms with E-state index in [1.807, 2.05) is 36.4 Å². The Balaban J connectivity index is 1.65. The monoisotopic (exact) mass is 477 g/mol. The minimum atomic E-state index is 0.0119. The quantitative estimate of drug-likeness (QED) is 0.340. The van der Waals surface area contributed by atoms with Crippen molar-refractivity contribution in [1.82, 2.24) is 4.90 Å². The third-order valence-electron chi connectivity index (χ3n) is 6.62. The molecule has 2 heterocycles. The molecule has 0 radical (unpaired) electrons. The van der Waals surface area contributed by atoms with Crippen LogP contribution in [0, 0.1) is 0 Å². The van der Waals surface area contributed by atoms with E-state index in [9.17, 15) is 4.79 Å². The van der Waals surface area contributed by atoms with Gasteiger partial charge in [-0.15, -0.1) is 0 Å². The molecule has 0 bridgehead atoms. The molecule has 0 saturated carbocycles. The van der Waals surface area contributed by atoms with Crippen molar-refractivity contribution in [2.75, 3.05) is 31.7 Å². The van der Waals surface area contributed by atoms with Gasteiger partial charge in [0.1, 0.15) is 0 Å². The summed E-state index contributed by atoms with van der Waals surface area (Å²) in [7, 11) is 1.68. The van der Waals surface area contributed by atoms with Gasteiger partial charge in [0.25, 0.3) is 5.91 Å². The average Bonchev–Trinajstić information content (AvgIpc) is 3.09. The highest BCUT2D eigenvalue weighted by Crippen LogP contribution is 2.44. The molecule has 6 heteroatoms. The van der Waals surface area contributed by atoms with Crippen LogP contribution in [0.25, 0.3) is 6.08 Å². The standard InChI is InChI=1S/C28H35N3O2S/c1-6-31-24-14-13-21(17-23(24)20(2)19-28(31,3)4)18-25-26(32)30(15-10-16-33-5)27(34-25)29-22-11-8-7-9-12-22/h7-9,11-14,17-18,20H,6,10,15-16,19H2,1-5H3/b25-18-,29-27?/t20-/m0/s1. The fraction of sp³-hybridized carbons (Fsp3) is 0.429. The highest BCUT2D eigenvalue weighted by atomic mass is 32.2. The number of hydrogen-bond donors (Lipinski definition) is 0. The van der Waals surface area contributed by atoms with Crippen LogP contribution in [0.15, 0.2) is 58.4 Å². The van der Waals surface area contributed by atoms with Gasteiger partial charge in [0.05, 0.1) is 10.6 Å². The molecule has 0 unspecified atom stereocenters. The molecule has 2 aliphatic rings. The molecule has 0 N–H and O–H groups in total. The molecule has 1 amide bonds. The summed E-state index contributed by atoms with van der Waals surface area (Å²) in [6.45, 7) is 11.4. The van der Waals surface area contributed by atoms with Crippen molar-refractivity contribution in [3.05, 3.63) is 64.6 Å². The number of carbonyl (C=O) groups excluding carboxylic acids is 1. The number of amidine groups is 1. The molecule has 0 aromatic heterocycles. The van der Waals surface area contributed by atoms with Crippen LogP contribution in [0.1, 0.15) is 57.6 Å². The van der Waals surface area contributed by atoms with E-state index in [4.69, 9.17) is 9.73 Å². The van der Waals surface area contributed by atoms with Crippen LogP contribution in [-0.2, 0) is 9.53 Å². The van der Waals surface area contributed by atoms with E-state index in [2.05, 4.69) is 50.8 Å². The predicted octanol–water partition coefficient (Wildman–Crippen LogP) is 6.44. The first-order valence-electron chi connectivity index (χ1n) is 12.1. The van der Waals surface area contributed by atoms with Crippen molar-refractivity contribution in [1.29, 1.82) is 0 Å². The summed E-state index contributed by atoms with van der Waals surface area (Å²) in [6.07, 6.45) is 3.90. The summed E-state index contributed by atoms with van der Waals surface area (Å²) in [5.74, 6) is 0.483. The largest absolute Gasteiger partial charge is 0.385 e. The second kappa shape index (κ2) is 10.4. The maximum absolute atomic E-state index is 13.3. The number of aliphatic imine (C=N–C) groups is 1. The highest BCUT2D eigenvalue weighted by Gasteiger charge is 2.36. The number of amides is 1. The van der Waals surface area contributed by atoms with Gasteiger partial charge < -0.3 is 9.64 Å². The van der Waals surface area contributed by atoms with E-state index in [0.717, 1.165) is 35.8 Å². The molecule has 1 fully saturated rings.